The van der Waals surface area contributed by atoms with Gasteiger partial charge >= 0.3 is 0 Å². The fourth-order valence-electron chi connectivity index (χ4n) is 2.65. The number of rotatable bonds is 6. The average Bonchev–Trinajstić information content (AvgIpc) is 3.05. The summed E-state index contributed by atoms with van der Waals surface area (Å²) in [5.41, 5.74) is 1.41. The maximum Gasteiger partial charge on any atom is 0.252 e. The number of halogens is 2. The van der Waals surface area contributed by atoms with Gasteiger partial charge in [0.05, 0.1) is 11.0 Å². The van der Waals surface area contributed by atoms with Gasteiger partial charge < -0.3 is 10.3 Å². The number of hydrogen-bond acceptors (Lipinski definition) is 3. The number of anilines is 1. The fraction of sp³-hybridized carbons (Fsp3) is 0.211. The van der Waals surface area contributed by atoms with Crippen molar-refractivity contribution >= 4 is 28.8 Å². The number of carbonyl (C=O) groups excluding carboxylic acids is 2. The molecule has 3 aromatic rings. The Bertz CT molecular complexity index is 954. The molecule has 1 heterocycles. The van der Waals surface area contributed by atoms with E-state index in [4.69, 9.17) is 0 Å². The summed E-state index contributed by atoms with van der Waals surface area (Å²) >= 11 is 0. The van der Waals surface area contributed by atoms with Crippen LogP contribution in [-0.2, 0) is 4.79 Å². The Morgan fingerprint density at radius 3 is 2.63 bits per heavy atom. The summed E-state index contributed by atoms with van der Waals surface area (Å²) in [6.45, 7) is 1.87. The lowest BCUT2D eigenvalue weighted by Crippen LogP contribution is -2.43. The largest absolute Gasteiger partial charge is 0.340 e. The maximum absolute atomic E-state index is 13.3. The van der Waals surface area contributed by atoms with Crippen LogP contribution in [0.2, 0.25) is 0 Å². The number of amides is 2. The molecule has 2 aromatic carbocycles. The highest BCUT2D eigenvalue weighted by Crippen LogP contribution is 2.14. The summed E-state index contributed by atoms with van der Waals surface area (Å²) in [5, 5.41) is 5.19. The maximum atomic E-state index is 13.3. The van der Waals surface area contributed by atoms with Crippen molar-refractivity contribution < 1.29 is 18.4 Å². The van der Waals surface area contributed by atoms with E-state index in [9.17, 15) is 18.4 Å². The van der Waals surface area contributed by atoms with Gasteiger partial charge in [0.15, 0.2) is 11.6 Å². The summed E-state index contributed by atoms with van der Waals surface area (Å²) in [6, 6.07) is 9.28. The molecule has 0 fully saturated rings. The SMILES string of the molecule is CCCC(NC(=O)c1ccc(F)c(F)c1)C(=O)Nc1nc2ccccc2[nH]1. The Kier molecular flexibility index (Phi) is 5.44. The van der Waals surface area contributed by atoms with Crippen LogP contribution < -0.4 is 10.6 Å². The number of H-pyrrole nitrogens is 1. The number of imidazole rings is 1. The van der Waals surface area contributed by atoms with Gasteiger partial charge in [0.2, 0.25) is 11.9 Å². The van der Waals surface area contributed by atoms with Gasteiger partial charge in [-0.25, -0.2) is 13.8 Å². The van der Waals surface area contributed by atoms with E-state index in [1.54, 1.807) is 6.07 Å². The van der Waals surface area contributed by atoms with E-state index < -0.39 is 29.5 Å². The molecule has 8 heteroatoms. The van der Waals surface area contributed by atoms with Gasteiger partial charge in [-0.1, -0.05) is 25.5 Å². The molecule has 0 aliphatic heterocycles. The van der Waals surface area contributed by atoms with Gasteiger partial charge in [-0.05, 0) is 36.8 Å². The molecule has 0 aliphatic carbocycles. The monoisotopic (exact) mass is 372 g/mol. The van der Waals surface area contributed by atoms with Gasteiger partial charge in [0.1, 0.15) is 6.04 Å². The van der Waals surface area contributed by atoms with E-state index >= 15 is 0 Å². The van der Waals surface area contributed by atoms with Crippen molar-refractivity contribution in [3.05, 3.63) is 59.7 Å². The first kappa shape index (κ1) is 18.5. The normalized spacial score (nSPS) is 12.0. The number of fused-ring (bicyclic) bond motifs is 1. The predicted octanol–water partition coefficient (Wildman–Crippen LogP) is 3.38. The zero-order valence-corrected chi connectivity index (χ0v) is 14.6. The second-order valence-electron chi connectivity index (χ2n) is 6.04. The van der Waals surface area contributed by atoms with Crippen molar-refractivity contribution in [3.63, 3.8) is 0 Å². The molecule has 6 nitrogen and oxygen atoms in total. The molecule has 1 aromatic heterocycles. The van der Waals surface area contributed by atoms with Crippen LogP contribution in [0.25, 0.3) is 11.0 Å². The van der Waals surface area contributed by atoms with Crippen LogP contribution in [0, 0.1) is 11.6 Å². The molecule has 27 heavy (non-hydrogen) atoms. The minimum Gasteiger partial charge on any atom is -0.340 e. The zero-order valence-electron chi connectivity index (χ0n) is 14.6. The number of carbonyl (C=O) groups is 2. The van der Waals surface area contributed by atoms with Crippen LogP contribution in [0.3, 0.4) is 0 Å². The van der Waals surface area contributed by atoms with Gasteiger partial charge in [0, 0.05) is 5.56 Å². The molecule has 3 rings (SSSR count). The summed E-state index contributed by atoms with van der Waals surface area (Å²) in [7, 11) is 0. The molecule has 0 radical (unpaired) electrons. The second kappa shape index (κ2) is 7.94. The highest BCUT2D eigenvalue weighted by molar-refractivity contribution is 6.01. The van der Waals surface area contributed by atoms with E-state index in [0.29, 0.717) is 18.4 Å². The molecule has 3 N–H and O–H groups in total. The van der Waals surface area contributed by atoms with Crippen molar-refractivity contribution in [2.75, 3.05) is 5.32 Å². The van der Waals surface area contributed by atoms with Gasteiger partial charge in [-0.15, -0.1) is 0 Å². The van der Waals surface area contributed by atoms with Crippen LogP contribution in [-0.4, -0.2) is 27.8 Å². The second-order valence-corrected chi connectivity index (χ2v) is 6.04. The lowest BCUT2D eigenvalue weighted by Gasteiger charge is -2.17. The molecule has 2 amide bonds. The third-order valence-electron chi connectivity index (χ3n) is 4.01. The molecule has 1 atom stereocenters. The lowest BCUT2D eigenvalue weighted by atomic mass is 10.1. The smallest absolute Gasteiger partial charge is 0.252 e. The van der Waals surface area contributed by atoms with Gasteiger partial charge in [0.25, 0.3) is 5.91 Å². The first-order valence-corrected chi connectivity index (χ1v) is 8.49. The molecular formula is C19H18F2N4O2. The first-order valence-electron chi connectivity index (χ1n) is 8.49. The van der Waals surface area contributed by atoms with E-state index in [-0.39, 0.29) is 11.5 Å². The molecular weight excluding hydrogens is 354 g/mol. The van der Waals surface area contributed by atoms with Crippen molar-refractivity contribution in [3.8, 4) is 0 Å². The van der Waals surface area contributed by atoms with Crippen molar-refractivity contribution in [1.29, 1.82) is 0 Å². The Morgan fingerprint density at radius 1 is 1.15 bits per heavy atom. The molecule has 0 spiro atoms. The minimum atomic E-state index is -1.12. The minimum absolute atomic E-state index is 0.0634. The number of nitrogens with zero attached hydrogens (tertiary/aromatic N) is 1. The molecule has 140 valence electrons. The fourth-order valence-corrected chi connectivity index (χ4v) is 2.65. The Balaban J connectivity index is 1.72. The predicted molar refractivity (Wildman–Crippen MR) is 97.2 cm³/mol. The van der Waals surface area contributed by atoms with Crippen LogP contribution in [0.5, 0.6) is 0 Å². The topological polar surface area (TPSA) is 86.9 Å². The van der Waals surface area contributed by atoms with E-state index in [2.05, 4.69) is 20.6 Å². The number of nitrogens with one attached hydrogen (secondary N) is 3. The quantitative estimate of drug-likeness (QED) is 0.620. The van der Waals surface area contributed by atoms with Crippen molar-refractivity contribution in [2.45, 2.75) is 25.8 Å². The average molecular weight is 372 g/mol. The summed E-state index contributed by atoms with van der Waals surface area (Å²) in [5.74, 6) is -3.01. The molecule has 0 saturated heterocycles. The highest BCUT2D eigenvalue weighted by Gasteiger charge is 2.22. The van der Waals surface area contributed by atoms with Gasteiger partial charge in [-0.2, -0.15) is 0 Å². The number of benzene rings is 2. The number of aromatic amines is 1. The summed E-state index contributed by atoms with van der Waals surface area (Å²) < 4.78 is 26.3. The first-order chi connectivity index (χ1) is 13.0. The third kappa shape index (κ3) is 4.28. The van der Waals surface area contributed by atoms with Crippen molar-refractivity contribution in [1.82, 2.24) is 15.3 Å². The zero-order chi connectivity index (χ0) is 19.4. The lowest BCUT2D eigenvalue weighted by molar-refractivity contribution is -0.118. The molecule has 0 saturated carbocycles. The number of hydrogen-bond donors (Lipinski definition) is 3. The summed E-state index contributed by atoms with van der Waals surface area (Å²) in [6.07, 6.45) is 1.01. The molecule has 0 bridgehead atoms. The third-order valence-corrected chi connectivity index (χ3v) is 4.01. The number of para-hydroxylation sites is 2. The Hall–Kier alpha value is -3.29. The summed E-state index contributed by atoms with van der Waals surface area (Å²) in [4.78, 5) is 32.1. The molecule has 1 unspecified atom stereocenters. The standard InChI is InChI=1S/C19H18F2N4O2/c1-2-5-16(22-17(26)11-8-9-12(20)13(21)10-11)18(27)25-19-23-14-6-3-4-7-15(14)24-19/h3-4,6-10,16H,2,5H2,1H3,(H,22,26)(H2,23,24,25,27). The van der Waals surface area contributed by atoms with Crippen LogP contribution in [0.4, 0.5) is 14.7 Å². The molecule has 0 aliphatic rings. The van der Waals surface area contributed by atoms with E-state index in [1.165, 1.54) is 0 Å². The number of aromatic nitrogens is 2. The highest BCUT2D eigenvalue weighted by atomic mass is 19.2. The van der Waals surface area contributed by atoms with Crippen LogP contribution in [0.1, 0.15) is 30.1 Å². The van der Waals surface area contributed by atoms with Crippen LogP contribution >= 0.6 is 0 Å². The van der Waals surface area contributed by atoms with E-state index in [0.717, 1.165) is 23.7 Å². The van der Waals surface area contributed by atoms with Crippen molar-refractivity contribution in [2.24, 2.45) is 0 Å². The van der Waals surface area contributed by atoms with Gasteiger partial charge in [-0.3, -0.25) is 14.9 Å². The van der Waals surface area contributed by atoms with Crippen LogP contribution in [0.15, 0.2) is 42.5 Å². The Morgan fingerprint density at radius 2 is 1.93 bits per heavy atom. The van der Waals surface area contributed by atoms with E-state index in [1.807, 2.05) is 25.1 Å². The Labute approximate surface area is 154 Å².